The first-order chi connectivity index (χ1) is 16.4. The van der Waals surface area contributed by atoms with Crippen molar-refractivity contribution in [2.24, 2.45) is 0 Å². The molecule has 1 saturated carbocycles. The van der Waals surface area contributed by atoms with Gasteiger partial charge in [0.25, 0.3) is 0 Å². The van der Waals surface area contributed by atoms with Crippen LogP contribution in [0, 0.1) is 6.92 Å². The lowest BCUT2D eigenvalue weighted by atomic mass is 9.89. The Hall–Kier alpha value is -3.49. The van der Waals surface area contributed by atoms with Crippen molar-refractivity contribution in [2.45, 2.75) is 77.3 Å². The van der Waals surface area contributed by atoms with Gasteiger partial charge in [-0.05, 0) is 25.3 Å². The first-order valence-corrected chi connectivity index (χ1v) is 11.9. The number of anilines is 1. The van der Waals surface area contributed by atoms with Crippen molar-refractivity contribution in [3.8, 4) is 0 Å². The van der Waals surface area contributed by atoms with Gasteiger partial charge >= 0.3 is 0 Å². The second-order valence-electron chi connectivity index (χ2n) is 9.05. The van der Waals surface area contributed by atoms with Gasteiger partial charge in [0.2, 0.25) is 17.7 Å². The topological polar surface area (TPSA) is 115 Å². The van der Waals surface area contributed by atoms with Crippen molar-refractivity contribution in [3.63, 3.8) is 0 Å². The lowest BCUT2D eigenvalue weighted by Crippen LogP contribution is -2.45. The van der Waals surface area contributed by atoms with Crippen LogP contribution in [-0.4, -0.2) is 31.7 Å². The Labute approximate surface area is 199 Å². The molecule has 34 heavy (non-hydrogen) atoms. The van der Waals surface area contributed by atoms with Gasteiger partial charge in [-0.25, -0.2) is 4.68 Å². The van der Waals surface area contributed by atoms with Crippen LogP contribution >= 0.6 is 0 Å². The molecule has 1 fully saturated rings. The number of nitrogens with zero attached hydrogens (tertiary/aromatic N) is 4. The molecule has 0 bridgehead atoms. The minimum atomic E-state index is -0.589. The van der Waals surface area contributed by atoms with E-state index >= 15 is 0 Å². The molecule has 3 aromatic rings. The Bertz CT molecular complexity index is 1110. The summed E-state index contributed by atoms with van der Waals surface area (Å²) in [4.78, 5) is 29.1. The van der Waals surface area contributed by atoms with E-state index in [1.807, 2.05) is 43.3 Å². The number of aromatic nitrogens is 4. The van der Waals surface area contributed by atoms with Crippen LogP contribution in [-0.2, 0) is 28.1 Å². The quantitative estimate of drug-likeness (QED) is 0.489. The Kier molecular flexibility index (Phi) is 7.40. The molecule has 0 radical (unpaired) electrons. The number of hydrogen-bond acceptors (Lipinski definition) is 6. The lowest BCUT2D eigenvalue weighted by molar-refractivity contribution is -0.121. The highest BCUT2D eigenvalue weighted by Crippen LogP contribution is 2.34. The van der Waals surface area contributed by atoms with Crippen molar-refractivity contribution in [2.75, 3.05) is 5.32 Å². The SMILES string of the molecule is CC(=O)NC1(c2noc(CCC(=O)Nc3cc(C)nn3Cc3ccccc3)n2)CCCCCC1. The fraction of sp³-hybridized carbons (Fsp3) is 0.480. The van der Waals surface area contributed by atoms with E-state index in [9.17, 15) is 9.59 Å². The number of carbonyl (C=O) groups is 2. The predicted octanol–water partition coefficient (Wildman–Crippen LogP) is 3.88. The van der Waals surface area contributed by atoms with Crippen LogP contribution in [0.15, 0.2) is 40.9 Å². The average Bonchev–Trinajstić information content (AvgIpc) is 3.34. The van der Waals surface area contributed by atoms with Crippen LogP contribution < -0.4 is 10.6 Å². The molecule has 2 aromatic heterocycles. The molecule has 9 heteroatoms. The van der Waals surface area contributed by atoms with Gasteiger partial charge in [-0.3, -0.25) is 9.59 Å². The van der Waals surface area contributed by atoms with E-state index in [1.54, 1.807) is 4.68 Å². The van der Waals surface area contributed by atoms with Gasteiger partial charge in [-0.2, -0.15) is 10.1 Å². The molecular weight excluding hydrogens is 432 g/mol. The van der Waals surface area contributed by atoms with Crippen molar-refractivity contribution in [1.82, 2.24) is 25.2 Å². The van der Waals surface area contributed by atoms with Crippen LogP contribution in [0.2, 0.25) is 0 Å². The molecule has 1 aliphatic carbocycles. The largest absolute Gasteiger partial charge is 0.343 e. The number of benzene rings is 1. The number of rotatable bonds is 8. The molecule has 2 N–H and O–H groups in total. The maximum absolute atomic E-state index is 12.7. The van der Waals surface area contributed by atoms with E-state index in [-0.39, 0.29) is 18.2 Å². The molecule has 9 nitrogen and oxygen atoms in total. The third-order valence-electron chi connectivity index (χ3n) is 6.18. The maximum atomic E-state index is 12.7. The summed E-state index contributed by atoms with van der Waals surface area (Å²) in [5.41, 5.74) is 1.35. The summed E-state index contributed by atoms with van der Waals surface area (Å²) in [6, 6.07) is 11.8. The van der Waals surface area contributed by atoms with Crippen LogP contribution in [0.25, 0.3) is 0 Å². The Morgan fingerprint density at radius 1 is 1.12 bits per heavy atom. The zero-order valence-corrected chi connectivity index (χ0v) is 19.8. The second kappa shape index (κ2) is 10.6. The van der Waals surface area contributed by atoms with E-state index in [4.69, 9.17) is 4.52 Å². The number of carbonyl (C=O) groups excluding carboxylic acids is 2. The highest BCUT2D eigenvalue weighted by molar-refractivity contribution is 5.90. The van der Waals surface area contributed by atoms with E-state index in [0.717, 1.165) is 49.8 Å². The first-order valence-electron chi connectivity index (χ1n) is 11.9. The number of amides is 2. The third kappa shape index (κ3) is 5.89. The fourth-order valence-corrected chi connectivity index (χ4v) is 4.57. The standard InChI is InChI=1S/C25H32N6O3/c1-18-16-21(31(29-18)17-20-10-6-5-7-11-20)26-22(33)12-13-23-27-24(30-34-23)25(28-19(2)32)14-8-3-4-9-15-25/h5-7,10-11,16H,3-4,8-9,12-15,17H2,1-2H3,(H,26,33)(H,28,32). The molecule has 2 heterocycles. The summed E-state index contributed by atoms with van der Waals surface area (Å²) in [6.07, 6.45) is 6.36. The molecule has 0 aliphatic heterocycles. The zero-order valence-electron chi connectivity index (χ0n) is 19.8. The smallest absolute Gasteiger partial charge is 0.227 e. The minimum absolute atomic E-state index is 0.102. The molecular formula is C25H32N6O3. The number of nitrogens with one attached hydrogen (secondary N) is 2. The minimum Gasteiger partial charge on any atom is -0.343 e. The van der Waals surface area contributed by atoms with Gasteiger partial charge in [0.1, 0.15) is 11.4 Å². The van der Waals surface area contributed by atoms with E-state index in [1.165, 1.54) is 6.92 Å². The highest BCUT2D eigenvalue weighted by Gasteiger charge is 2.38. The van der Waals surface area contributed by atoms with E-state index in [2.05, 4.69) is 25.9 Å². The molecule has 1 aromatic carbocycles. The molecule has 0 saturated heterocycles. The summed E-state index contributed by atoms with van der Waals surface area (Å²) in [5, 5.41) is 14.7. The highest BCUT2D eigenvalue weighted by atomic mass is 16.5. The molecule has 1 aliphatic rings. The van der Waals surface area contributed by atoms with Gasteiger partial charge in [0.05, 0.1) is 12.2 Å². The number of hydrogen-bond donors (Lipinski definition) is 2. The summed E-state index contributed by atoms with van der Waals surface area (Å²) < 4.78 is 7.25. The van der Waals surface area contributed by atoms with Gasteiger partial charge in [-0.15, -0.1) is 0 Å². The third-order valence-corrected chi connectivity index (χ3v) is 6.18. The summed E-state index contributed by atoms with van der Waals surface area (Å²) >= 11 is 0. The molecule has 2 amide bonds. The average molecular weight is 465 g/mol. The monoisotopic (exact) mass is 464 g/mol. The van der Waals surface area contributed by atoms with Crippen molar-refractivity contribution >= 4 is 17.6 Å². The van der Waals surface area contributed by atoms with Crippen molar-refractivity contribution in [1.29, 1.82) is 0 Å². The van der Waals surface area contributed by atoms with Crippen molar-refractivity contribution in [3.05, 3.63) is 59.4 Å². The van der Waals surface area contributed by atoms with Crippen molar-refractivity contribution < 1.29 is 14.1 Å². The lowest BCUT2D eigenvalue weighted by Gasteiger charge is -2.30. The van der Waals surface area contributed by atoms with Gasteiger partial charge < -0.3 is 15.2 Å². The van der Waals surface area contributed by atoms with Gasteiger partial charge in [-0.1, -0.05) is 61.2 Å². The van der Waals surface area contributed by atoms with Gasteiger partial charge in [0.15, 0.2) is 5.82 Å². The molecule has 0 spiro atoms. The van der Waals surface area contributed by atoms with Gasteiger partial charge in [0, 0.05) is 25.8 Å². The summed E-state index contributed by atoms with van der Waals surface area (Å²) in [5.74, 6) is 1.31. The Balaban J connectivity index is 1.38. The van der Waals surface area contributed by atoms with Crippen LogP contribution in [0.1, 0.15) is 74.8 Å². The predicted molar refractivity (Wildman–Crippen MR) is 127 cm³/mol. The van der Waals surface area contributed by atoms with E-state index in [0.29, 0.717) is 30.5 Å². The van der Waals surface area contributed by atoms with Crippen LogP contribution in [0.3, 0.4) is 0 Å². The molecule has 0 atom stereocenters. The van der Waals surface area contributed by atoms with E-state index < -0.39 is 5.54 Å². The fourth-order valence-electron chi connectivity index (χ4n) is 4.57. The molecule has 180 valence electrons. The molecule has 4 rings (SSSR count). The zero-order chi connectivity index (χ0) is 24.0. The van der Waals surface area contributed by atoms with Crippen LogP contribution in [0.4, 0.5) is 5.82 Å². The van der Waals surface area contributed by atoms with Crippen LogP contribution in [0.5, 0.6) is 0 Å². The second-order valence-corrected chi connectivity index (χ2v) is 9.05. The Morgan fingerprint density at radius 2 is 1.85 bits per heavy atom. The summed E-state index contributed by atoms with van der Waals surface area (Å²) in [6.45, 7) is 3.99. The first kappa shape index (κ1) is 23.7. The molecule has 0 unspecified atom stereocenters. The normalized spacial score (nSPS) is 15.5. The maximum Gasteiger partial charge on any atom is 0.227 e. The Morgan fingerprint density at radius 3 is 2.56 bits per heavy atom. The number of aryl methyl sites for hydroxylation is 2. The summed E-state index contributed by atoms with van der Waals surface area (Å²) in [7, 11) is 0.